The van der Waals surface area contributed by atoms with E-state index in [0.717, 1.165) is 82.4 Å². The molecule has 1 saturated heterocycles. The van der Waals surface area contributed by atoms with E-state index >= 15 is 0 Å². The van der Waals surface area contributed by atoms with Crippen molar-refractivity contribution in [2.75, 3.05) is 19.6 Å². The van der Waals surface area contributed by atoms with Crippen LogP contribution in [0.3, 0.4) is 0 Å². The van der Waals surface area contributed by atoms with Crippen LogP contribution in [0.2, 0.25) is 0 Å². The van der Waals surface area contributed by atoms with E-state index in [1.165, 1.54) is 6.42 Å². The molecule has 1 aromatic rings. The molecule has 23 heavy (non-hydrogen) atoms. The average molecular weight is 317 g/mol. The first-order valence-electron chi connectivity index (χ1n) is 9.16. The molecule has 4 rings (SSSR count). The highest BCUT2D eigenvalue weighted by molar-refractivity contribution is 5.22. The number of fused-ring (bicyclic) bond motifs is 1. The maximum Gasteiger partial charge on any atom is 0.267 e. The summed E-state index contributed by atoms with van der Waals surface area (Å²) in [6.07, 6.45) is 8.45. The van der Waals surface area contributed by atoms with Crippen molar-refractivity contribution in [1.82, 2.24) is 14.7 Å². The van der Waals surface area contributed by atoms with Crippen LogP contribution in [0.4, 0.5) is 0 Å². The van der Waals surface area contributed by atoms with Gasteiger partial charge < -0.3 is 10.0 Å². The first-order chi connectivity index (χ1) is 11.1. The molecule has 1 aromatic heterocycles. The van der Waals surface area contributed by atoms with Crippen molar-refractivity contribution >= 4 is 0 Å². The molecule has 0 atom stereocenters. The third-order valence-electron chi connectivity index (χ3n) is 5.96. The minimum atomic E-state index is -0.411. The SMILES string of the molecule is O=c1cc2c(nn1CC1CCN(CC3(O)CCC3)CC1)CCC2. The number of rotatable bonds is 4. The van der Waals surface area contributed by atoms with Gasteiger partial charge in [-0.05, 0) is 75.9 Å². The second-order valence-corrected chi connectivity index (χ2v) is 7.79. The molecule has 1 aliphatic heterocycles. The molecule has 2 aliphatic carbocycles. The quantitative estimate of drug-likeness (QED) is 0.911. The normalized spacial score (nSPS) is 24.4. The van der Waals surface area contributed by atoms with Crippen molar-refractivity contribution in [2.24, 2.45) is 5.92 Å². The summed E-state index contributed by atoms with van der Waals surface area (Å²) in [7, 11) is 0. The summed E-state index contributed by atoms with van der Waals surface area (Å²) in [6, 6.07) is 1.80. The van der Waals surface area contributed by atoms with Gasteiger partial charge in [-0.25, -0.2) is 4.68 Å². The van der Waals surface area contributed by atoms with Crippen LogP contribution in [-0.4, -0.2) is 45.0 Å². The second-order valence-electron chi connectivity index (χ2n) is 7.79. The number of aliphatic hydroxyl groups is 1. The lowest BCUT2D eigenvalue weighted by molar-refractivity contribution is -0.0640. The van der Waals surface area contributed by atoms with E-state index in [4.69, 9.17) is 0 Å². The van der Waals surface area contributed by atoms with Gasteiger partial charge in [0.25, 0.3) is 5.56 Å². The Balaban J connectivity index is 1.34. The molecule has 0 unspecified atom stereocenters. The van der Waals surface area contributed by atoms with Crippen LogP contribution in [0.1, 0.15) is 49.8 Å². The van der Waals surface area contributed by atoms with Gasteiger partial charge in [0, 0.05) is 19.2 Å². The van der Waals surface area contributed by atoms with Gasteiger partial charge in [-0.3, -0.25) is 4.79 Å². The maximum atomic E-state index is 12.2. The van der Waals surface area contributed by atoms with E-state index in [9.17, 15) is 9.90 Å². The van der Waals surface area contributed by atoms with E-state index in [-0.39, 0.29) is 5.56 Å². The Bertz CT molecular complexity index is 628. The largest absolute Gasteiger partial charge is 0.389 e. The molecule has 1 saturated carbocycles. The minimum Gasteiger partial charge on any atom is -0.389 e. The number of hydrogen-bond acceptors (Lipinski definition) is 4. The van der Waals surface area contributed by atoms with E-state index in [1.807, 2.05) is 0 Å². The second kappa shape index (κ2) is 6.02. The van der Waals surface area contributed by atoms with E-state index in [0.29, 0.717) is 5.92 Å². The molecule has 0 spiro atoms. The standard InChI is InChI=1S/C18H27N3O2/c22-17-11-15-3-1-4-16(15)19-21(17)12-14-5-9-20(10-6-14)13-18(23)7-2-8-18/h11,14,23H,1-10,12-13H2. The van der Waals surface area contributed by atoms with Crippen LogP contribution in [-0.2, 0) is 19.4 Å². The minimum absolute atomic E-state index is 0.0665. The number of aryl methyl sites for hydroxylation is 2. The summed E-state index contributed by atoms with van der Waals surface area (Å²) < 4.78 is 1.70. The lowest BCUT2D eigenvalue weighted by Gasteiger charge is -2.42. The monoisotopic (exact) mass is 317 g/mol. The summed E-state index contributed by atoms with van der Waals surface area (Å²) in [4.78, 5) is 14.6. The number of piperidine rings is 1. The maximum absolute atomic E-state index is 12.2. The van der Waals surface area contributed by atoms with Gasteiger partial charge >= 0.3 is 0 Å². The van der Waals surface area contributed by atoms with Crippen LogP contribution in [0.25, 0.3) is 0 Å². The summed E-state index contributed by atoms with van der Waals surface area (Å²) in [5.74, 6) is 0.534. The molecule has 5 nitrogen and oxygen atoms in total. The van der Waals surface area contributed by atoms with Crippen molar-refractivity contribution in [2.45, 2.75) is 63.5 Å². The Kier molecular flexibility index (Phi) is 4.01. The lowest BCUT2D eigenvalue weighted by Crippen LogP contribution is -2.50. The van der Waals surface area contributed by atoms with Gasteiger partial charge in [-0.1, -0.05) is 0 Å². The van der Waals surface area contributed by atoms with Crippen molar-refractivity contribution in [3.8, 4) is 0 Å². The average Bonchev–Trinajstić information content (AvgIpc) is 2.95. The topological polar surface area (TPSA) is 58.4 Å². The fraction of sp³-hybridized carbons (Fsp3) is 0.778. The summed E-state index contributed by atoms with van der Waals surface area (Å²) in [5, 5.41) is 14.9. The molecule has 2 heterocycles. The zero-order chi connectivity index (χ0) is 15.9. The molecule has 0 radical (unpaired) electrons. The molecule has 5 heteroatoms. The van der Waals surface area contributed by atoms with Crippen LogP contribution in [0.5, 0.6) is 0 Å². The Morgan fingerprint density at radius 2 is 2.00 bits per heavy atom. The van der Waals surface area contributed by atoms with Crippen LogP contribution in [0, 0.1) is 5.92 Å². The predicted molar refractivity (Wildman–Crippen MR) is 88.5 cm³/mol. The molecular weight excluding hydrogens is 290 g/mol. The highest BCUT2D eigenvalue weighted by atomic mass is 16.3. The Labute approximate surface area is 137 Å². The number of aromatic nitrogens is 2. The molecule has 1 N–H and O–H groups in total. The van der Waals surface area contributed by atoms with Gasteiger partial charge in [-0.2, -0.15) is 5.10 Å². The van der Waals surface area contributed by atoms with Crippen molar-refractivity contribution in [3.63, 3.8) is 0 Å². The number of β-amino-alcohol motifs (C(OH)–C–C–N with tert-alkyl or cyclic N) is 1. The number of hydrogen-bond donors (Lipinski definition) is 1. The zero-order valence-corrected chi connectivity index (χ0v) is 13.8. The summed E-state index contributed by atoms with van der Waals surface area (Å²) in [5.41, 5.74) is 1.95. The predicted octanol–water partition coefficient (Wildman–Crippen LogP) is 1.36. The van der Waals surface area contributed by atoms with Crippen molar-refractivity contribution < 1.29 is 5.11 Å². The first-order valence-corrected chi connectivity index (χ1v) is 9.16. The third-order valence-corrected chi connectivity index (χ3v) is 5.96. The van der Waals surface area contributed by atoms with E-state index in [1.54, 1.807) is 10.7 Å². The Morgan fingerprint density at radius 1 is 1.22 bits per heavy atom. The van der Waals surface area contributed by atoms with Crippen molar-refractivity contribution in [1.29, 1.82) is 0 Å². The molecule has 2 fully saturated rings. The molecule has 0 amide bonds. The molecule has 0 aromatic carbocycles. The molecule has 126 valence electrons. The molecular formula is C18H27N3O2. The fourth-order valence-corrected chi connectivity index (χ4v) is 4.30. The van der Waals surface area contributed by atoms with Crippen molar-refractivity contribution in [3.05, 3.63) is 27.7 Å². The van der Waals surface area contributed by atoms with E-state index in [2.05, 4.69) is 10.00 Å². The van der Waals surface area contributed by atoms with Crippen LogP contribution < -0.4 is 5.56 Å². The molecule has 3 aliphatic rings. The number of nitrogens with zero attached hydrogens (tertiary/aromatic N) is 3. The Hall–Kier alpha value is -1.20. The van der Waals surface area contributed by atoms with Crippen LogP contribution in [0.15, 0.2) is 10.9 Å². The third kappa shape index (κ3) is 3.22. The zero-order valence-electron chi connectivity index (χ0n) is 13.8. The highest BCUT2D eigenvalue weighted by Crippen LogP contribution is 2.33. The van der Waals surface area contributed by atoms with Gasteiger partial charge in [0.05, 0.1) is 11.3 Å². The molecule has 0 bridgehead atoms. The Morgan fingerprint density at radius 3 is 2.70 bits per heavy atom. The van der Waals surface area contributed by atoms with E-state index < -0.39 is 5.60 Å². The smallest absolute Gasteiger partial charge is 0.267 e. The van der Waals surface area contributed by atoms with Crippen LogP contribution >= 0.6 is 0 Å². The number of likely N-dealkylation sites (tertiary alicyclic amines) is 1. The van der Waals surface area contributed by atoms with Gasteiger partial charge in [0.15, 0.2) is 0 Å². The lowest BCUT2D eigenvalue weighted by atomic mass is 9.79. The fourth-order valence-electron chi connectivity index (χ4n) is 4.30. The first kappa shape index (κ1) is 15.3. The summed E-state index contributed by atoms with van der Waals surface area (Å²) >= 11 is 0. The van der Waals surface area contributed by atoms with Gasteiger partial charge in [-0.15, -0.1) is 0 Å². The van der Waals surface area contributed by atoms with Gasteiger partial charge in [0.1, 0.15) is 0 Å². The van der Waals surface area contributed by atoms with Gasteiger partial charge in [0.2, 0.25) is 0 Å². The highest BCUT2D eigenvalue weighted by Gasteiger charge is 2.36. The summed E-state index contributed by atoms with van der Waals surface area (Å²) in [6.45, 7) is 3.65.